The quantitative estimate of drug-likeness (QED) is 0.298. The van der Waals surface area contributed by atoms with Crippen molar-refractivity contribution in [3.63, 3.8) is 0 Å². The third-order valence-corrected chi connectivity index (χ3v) is 2.62. The molecule has 5 heteroatoms. The van der Waals surface area contributed by atoms with Gasteiger partial charge in [0.15, 0.2) is 0 Å². The van der Waals surface area contributed by atoms with E-state index in [0.29, 0.717) is 5.56 Å². The molecule has 1 aromatic rings. The van der Waals surface area contributed by atoms with Crippen LogP contribution in [0.2, 0.25) is 0 Å². The summed E-state index contributed by atoms with van der Waals surface area (Å²) in [5.41, 5.74) is 0.143. The highest BCUT2D eigenvalue weighted by Crippen LogP contribution is 2.13. The van der Waals surface area contributed by atoms with Crippen LogP contribution in [0.15, 0.2) is 36.0 Å². The maximum absolute atomic E-state index is 12.0. The number of halogens is 1. The van der Waals surface area contributed by atoms with Crippen molar-refractivity contribution in [2.45, 2.75) is 0 Å². The van der Waals surface area contributed by atoms with Crippen molar-refractivity contribution in [1.29, 1.82) is 0 Å². The molecule has 1 aromatic carbocycles. The number of rotatable bonds is 4. The van der Waals surface area contributed by atoms with E-state index in [0.717, 1.165) is 3.57 Å². The van der Waals surface area contributed by atoms with Crippen LogP contribution in [0.5, 0.6) is 0 Å². The number of ketones is 1. The van der Waals surface area contributed by atoms with E-state index >= 15 is 0 Å². The number of carbonyl (C=O) groups is 2. The molecule has 0 aliphatic heterocycles. The van der Waals surface area contributed by atoms with Gasteiger partial charge in [0, 0.05) is 29.4 Å². The predicted octanol–water partition coefficient (Wildman–Crippen LogP) is 2.00. The Hall–Kier alpha value is -1.37. The fraction of sp³-hybridized carbons (Fsp3) is 0.167. The number of hydrogen-bond acceptors (Lipinski definition) is 3. The summed E-state index contributed by atoms with van der Waals surface area (Å²) in [5, 5.41) is 9.01. The van der Waals surface area contributed by atoms with Crippen LogP contribution >= 0.6 is 22.6 Å². The topological polar surface area (TPSA) is 57.6 Å². The average Bonchev–Trinajstić information content (AvgIpc) is 2.24. The number of Topliss-reactive ketones (excluding diaryl/α,β-unsaturated/α-hetero) is 1. The van der Waals surface area contributed by atoms with Gasteiger partial charge in [-0.05, 0) is 34.7 Å². The maximum atomic E-state index is 12.0. The molecule has 17 heavy (non-hydrogen) atoms. The molecule has 1 N–H and O–H groups in total. The molecule has 0 aliphatic carbocycles. The summed E-state index contributed by atoms with van der Waals surface area (Å²) in [6.07, 6.45) is 1.31. The van der Waals surface area contributed by atoms with Gasteiger partial charge in [-0.15, -0.1) is 0 Å². The minimum Gasteiger partial charge on any atom is -0.477 e. The van der Waals surface area contributed by atoms with Crippen molar-refractivity contribution in [3.05, 3.63) is 45.2 Å². The van der Waals surface area contributed by atoms with Crippen LogP contribution in [-0.2, 0) is 4.79 Å². The Bertz CT molecular complexity index is 480. The SMILES string of the molecule is CN(C)C=C(C(=O)O)C(=O)c1cccc(I)c1. The minimum absolute atomic E-state index is 0.239. The van der Waals surface area contributed by atoms with Gasteiger partial charge in [-0.25, -0.2) is 4.79 Å². The van der Waals surface area contributed by atoms with E-state index in [2.05, 4.69) is 22.6 Å². The molecule has 0 radical (unpaired) electrons. The number of benzene rings is 1. The summed E-state index contributed by atoms with van der Waals surface area (Å²) in [7, 11) is 3.34. The number of carboxylic acids is 1. The van der Waals surface area contributed by atoms with Gasteiger partial charge in [0.2, 0.25) is 5.78 Å². The first-order chi connectivity index (χ1) is 7.91. The van der Waals surface area contributed by atoms with Crippen molar-refractivity contribution in [3.8, 4) is 0 Å². The molecule has 4 nitrogen and oxygen atoms in total. The standard InChI is InChI=1S/C12H12INO3/c1-14(2)7-10(12(16)17)11(15)8-4-3-5-9(13)6-8/h3-7H,1-2H3,(H,16,17). The molecule has 0 saturated carbocycles. The summed E-state index contributed by atoms with van der Waals surface area (Å²) < 4.78 is 0.892. The predicted molar refractivity (Wildman–Crippen MR) is 72.9 cm³/mol. The van der Waals surface area contributed by atoms with Gasteiger partial charge in [0.25, 0.3) is 0 Å². The number of carboxylic acid groups (broad SMARTS) is 1. The Balaban J connectivity index is 3.14. The largest absolute Gasteiger partial charge is 0.477 e. The molecule has 0 fully saturated rings. The second-order valence-corrected chi connectivity index (χ2v) is 4.90. The fourth-order valence-corrected chi connectivity index (χ4v) is 1.80. The lowest BCUT2D eigenvalue weighted by Crippen LogP contribution is -2.16. The highest BCUT2D eigenvalue weighted by molar-refractivity contribution is 14.1. The zero-order valence-corrected chi connectivity index (χ0v) is 11.6. The van der Waals surface area contributed by atoms with Gasteiger partial charge < -0.3 is 10.0 Å². The molecule has 0 heterocycles. The third-order valence-electron chi connectivity index (χ3n) is 1.95. The van der Waals surface area contributed by atoms with E-state index in [1.54, 1.807) is 32.3 Å². The molecular formula is C12H12INO3. The highest BCUT2D eigenvalue weighted by Gasteiger charge is 2.19. The third kappa shape index (κ3) is 3.85. The first-order valence-electron chi connectivity index (χ1n) is 4.83. The molecule has 90 valence electrons. The smallest absolute Gasteiger partial charge is 0.341 e. The van der Waals surface area contributed by atoms with Crippen LogP contribution in [0, 0.1) is 3.57 Å². The summed E-state index contributed by atoms with van der Waals surface area (Å²) in [4.78, 5) is 24.5. The molecular weight excluding hydrogens is 333 g/mol. The molecule has 0 bridgehead atoms. The van der Waals surface area contributed by atoms with Gasteiger partial charge in [-0.2, -0.15) is 0 Å². The first-order valence-corrected chi connectivity index (χ1v) is 5.91. The van der Waals surface area contributed by atoms with E-state index in [4.69, 9.17) is 5.11 Å². The van der Waals surface area contributed by atoms with E-state index < -0.39 is 11.8 Å². The van der Waals surface area contributed by atoms with Gasteiger partial charge in [-0.3, -0.25) is 4.79 Å². The zero-order valence-electron chi connectivity index (χ0n) is 9.48. The van der Waals surface area contributed by atoms with E-state index in [9.17, 15) is 9.59 Å². The lowest BCUT2D eigenvalue weighted by molar-refractivity contribution is -0.132. The van der Waals surface area contributed by atoms with Crippen molar-refractivity contribution in [2.75, 3.05) is 14.1 Å². The molecule has 0 spiro atoms. The Morgan fingerprint density at radius 2 is 2.00 bits per heavy atom. The van der Waals surface area contributed by atoms with Crippen LogP contribution < -0.4 is 0 Å². The molecule has 0 aliphatic rings. The number of nitrogens with zero attached hydrogens (tertiary/aromatic N) is 1. The lowest BCUT2D eigenvalue weighted by atomic mass is 10.0. The van der Waals surface area contributed by atoms with Crippen LogP contribution in [0.4, 0.5) is 0 Å². The average molecular weight is 345 g/mol. The van der Waals surface area contributed by atoms with Crippen molar-refractivity contribution < 1.29 is 14.7 Å². The molecule has 1 rings (SSSR count). The van der Waals surface area contributed by atoms with Crippen molar-refractivity contribution in [2.24, 2.45) is 0 Å². The summed E-state index contributed by atoms with van der Waals surface area (Å²) in [6.45, 7) is 0. The Morgan fingerprint density at radius 1 is 1.35 bits per heavy atom. The van der Waals surface area contributed by atoms with Crippen LogP contribution in [-0.4, -0.2) is 35.9 Å². The Kier molecular flexibility index (Phi) is 4.68. The monoisotopic (exact) mass is 345 g/mol. The van der Waals surface area contributed by atoms with Crippen LogP contribution in [0.25, 0.3) is 0 Å². The van der Waals surface area contributed by atoms with E-state index in [1.807, 2.05) is 6.07 Å². The first kappa shape index (κ1) is 13.7. The normalized spacial score (nSPS) is 11.1. The summed E-state index contributed by atoms with van der Waals surface area (Å²) in [5.74, 6) is -1.70. The summed E-state index contributed by atoms with van der Waals surface area (Å²) in [6, 6.07) is 6.84. The Morgan fingerprint density at radius 3 is 2.47 bits per heavy atom. The molecule has 0 aromatic heterocycles. The number of hydrogen-bond donors (Lipinski definition) is 1. The van der Waals surface area contributed by atoms with Gasteiger partial charge in [0.1, 0.15) is 5.57 Å². The minimum atomic E-state index is -1.22. The van der Waals surface area contributed by atoms with Crippen molar-refractivity contribution >= 4 is 34.3 Å². The zero-order chi connectivity index (χ0) is 13.0. The van der Waals surface area contributed by atoms with E-state index in [1.165, 1.54) is 11.1 Å². The van der Waals surface area contributed by atoms with Gasteiger partial charge in [0.05, 0.1) is 0 Å². The molecule has 0 saturated heterocycles. The second kappa shape index (κ2) is 5.81. The van der Waals surface area contributed by atoms with E-state index in [-0.39, 0.29) is 5.57 Å². The highest BCUT2D eigenvalue weighted by atomic mass is 127. The maximum Gasteiger partial charge on any atom is 0.341 e. The van der Waals surface area contributed by atoms with Gasteiger partial charge >= 0.3 is 5.97 Å². The molecule has 0 unspecified atom stereocenters. The number of aliphatic carboxylic acids is 1. The molecule has 0 amide bonds. The van der Waals surface area contributed by atoms with Crippen molar-refractivity contribution in [1.82, 2.24) is 4.90 Å². The number of carbonyl (C=O) groups excluding carboxylic acids is 1. The summed E-state index contributed by atoms with van der Waals surface area (Å²) >= 11 is 2.08. The van der Waals surface area contributed by atoms with Crippen LogP contribution in [0.3, 0.4) is 0 Å². The molecule has 0 atom stereocenters. The second-order valence-electron chi connectivity index (χ2n) is 3.65. The van der Waals surface area contributed by atoms with Gasteiger partial charge in [-0.1, -0.05) is 12.1 Å². The lowest BCUT2D eigenvalue weighted by Gasteiger charge is -2.08. The van der Waals surface area contributed by atoms with Crippen LogP contribution in [0.1, 0.15) is 10.4 Å². The fourth-order valence-electron chi connectivity index (χ4n) is 1.25. The Labute approximate surface area is 113 Å².